The zero-order valence-corrected chi connectivity index (χ0v) is 12.6. The van der Waals surface area contributed by atoms with Crippen molar-refractivity contribution in [2.45, 2.75) is 46.7 Å². The fourth-order valence-electron chi connectivity index (χ4n) is 2.21. The Bertz CT molecular complexity index is 622. The molecule has 0 aliphatic rings. The highest BCUT2D eigenvalue weighted by atomic mass is 16.4. The Kier molecular flexibility index (Phi) is 4.28. The van der Waals surface area contributed by atoms with Crippen LogP contribution in [-0.4, -0.2) is 22.1 Å². The first-order valence-electron chi connectivity index (χ1n) is 7.11. The predicted molar refractivity (Wildman–Crippen MR) is 79.8 cm³/mol. The number of nitrogens with zero attached hydrogens (tertiary/aromatic N) is 2. The average Bonchev–Trinajstić information content (AvgIpc) is 2.69. The van der Waals surface area contributed by atoms with Gasteiger partial charge in [0.1, 0.15) is 0 Å². The highest BCUT2D eigenvalue weighted by molar-refractivity contribution is 5.67. The van der Waals surface area contributed by atoms with Crippen LogP contribution in [0, 0.1) is 5.41 Å². The van der Waals surface area contributed by atoms with E-state index in [1.807, 2.05) is 0 Å². The summed E-state index contributed by atoms with van der Waals surface area (Å²) in [5.41, 5.74) is 1.21. The number of fused-ring (bicyclic) bond motifs is 1. The number of oxazole rings is 1. The summed E-state index contributed by atoms with van der Waals surface area (Å²) < 4.78 is 6.85. The fraction of sp³-hybridized carbons (Fsp3) is 0.600. The van der Waals surface area contributed by atoms with Crippen LogP contribution >= 0.6 is 0 Å². The van der Waals surface area contributed by atoms with Crippen LogP contribution in [0.4, 0.5) is 0 Å². The quantitative estimate of drug-likeness (QED) is 0.911. The van der Waals surface area contributed by atoms with Gasteiger partial charge in [-0.25, -0.2) is 9.78 Å². The lowest BCUT2D eigenvalue weighted by molar-refractivity contribution is 0.239. The van der Waals surface area contributed by atoms with Gasteiger partial charge in [-0.1, -0.05) is 27.7 Å². The largest absolute Gasteiger partial charge is 0.421 e. The standard InChI is InChI=1S/C15H23N3O2/c1-5-8-16-12(15(2,3)4)10-18-13-11(20-14(18)19)7-6-9-17-13/h6-7,9,12,16H,5,8,10H2,1-4H3. The monoisotopic (exact) mass is 277 g/mol. The van der Waals surface area contributed by atoms with Gasteiger partial charge in [0.25, 0.3) is 0 Å². The van der Waals surface area contributed by atoms with Crippen LogP contribution in [-0.2, 0) is 6.54 Å². The SMILES string of the molecule is CCCNC(Cn1c(=O)oc2cccnc21)C(C)(C)C. The molecule has 0 aliphatic heterocycles. The molecular formula is C15H23N3O2. The van der Waals surface area contributed by atoms with Gasteiger partial charge in [0.05, 0.1) is 0 Å². The van der Waals surface area contributed by atoms with Crippen molar-refractivity contribution in [2.75, 3.05) is 6.54 Å². The molecular weight excluding hydrogens is 254 g/mol. The number of nitrogens with one attached hydrogen (secondary N) is 1. The second kappa shape index (κ2) is 5.79. The molecule has 1 N–H and O–H groups in total. The maximum Gasteiger partial charge on any atom is 0.421 e. The van der Waals surface area contributed by atoms with Gasteiger partial charge in [-0.3, -0.25) is 4.57 Å². The Morgan fingerprint density at radius 3 is 2.85 bits per heavy atom. The number of hydrogen-bond acceptors (Lipinski definition) is 4. The molecule has 2 aromatic rings. The lowest BCUT2D eigenvalue weighted by Gasteiger charge is -2.31. The Morgan fingerprint density at radius 1 is 1.45 bits per heavy atom. The van der Waals surface area contributed by atoms with Gasteiger partial charge >= 0.3 is 5.76 Å². The summed E-state index contributed by atoms with van der Waals surface area (Å²) in [6.07, 6.45) is 2.74. The molecule has 1 unspecified atom stereocenters. The van der Waals surface area contributed by atoms with Crippen LogP contribution in [0.1, 0.15) is 34.1 Å². The summed E-state index contributed by atoms with van der Waals surface area (Å²) in [5.74, 6) is -0.341. The lowest BCUT2D eigenvalue weighted by Crippen LogP contribution is -2.45. The maximum absolute atomic E-state index is 12.0. The van der Waals surface area contributed by atoms with Gasteiger partial charge in [-0.05, 0) is 30.5 Å². The van der Waals surface area contributed by atoms with Crippen molar-refractivity contribution in [2.24, 2.45) is 5.41 Å². The third-order valence-electron chi connectivity index (χ3n) is 3.48. The molecule has 0 spiro atoms. The van der Waals surface area contributed by atoms with E-state index in [0.29, 0.717) is 17.8 Å². The summed E-state index contributed by atoms with van der Waals surface area (Å²) in [7, 11) is 0. The van der Waals surface area contributed by atoms with E-state index in [9.17, 15) is 4.79 Å². The van der Waals surface area contributed by atoms with Crippen LogP contribution in [0.2, 0.25) is 0 Å². The molecule has 20 heavy (non-hydrogen) atoms. The van der Waals surface area contributed by atoms with Crippen molar-refractivity contribution in [1.82, 2.24) is 14.9 Å². The van der Waals surface area contributed by atoms with Gasteiger partial charge < -0.3 is 9.73 Å². The van der Waals surface area contributed by atoms with Gasteiger partial charge in [0.15, 0.2) is 11.2 Å². The van der Waals surface area contributed by atoms with E-state index in [4.69, 9.17) is 4.42 Å². The normalized spacial score (nSPS) is 13.8. The van der Waals surface area contributed by atoms with E-state index in [0.717, 1.165) is 13.0 Å². The first-order valence-corrected chi connectivity index (χ1v) is 7.11. The van der Waals surface area contributed by atoms with Crippen LogP contribution in [0.25, 0.3) is 11.2 Å². The van der Waals surface area contributed by atoms with Gasteiger partial charge in [-0.2, -0.15) is 0 Å². The molecule has 0 bridgehead atoms. The lowest BCUT2D eigenvalue weighted by atomic mass is 9.86. The molecule has 2 heterocycles. The third-order valence-corrected chi connectivity index (χ3v) is 3.48. The van der Waals surface area contributed by atoms with Gasteiger partial charge in [0.2, 0.25) is 0 Å². The second-order valence-corrected chi connectivity index (χ2v) is 6.18. The highest BCUT2D eigenvalue weighted by Gasteiger charge is 2.26. The predicted octanol–water partition coefficient (Wildman–Crippen LogP) is 2.40. The van der Waals surface area contributed by atoms with Crippen molar-refractivity contribution in [3.63, 3.8) is 0 Å². The Labute approximate surface area is 119 Å². The number of rotatable bonds is 5. The molecule has 0 saturated carbocycles. The molecule has 5 heteroatoms. The average molecular weight is 277 g/mol. The van der Waals surface area contributed by atoms with Crippen molar-refractivity contribution in [3.8, 4) is 0 Å². The van der Waals surface area contributed by atoms with Crippen molar-refractivity contribution < 1.29 is 4.42 Å². The highest BCUT2D eigenvalue weighted by Crippen LogP contribution is 2.21. The minimum absolute atomic E-state index is 0.0486. The van der Waals surface area contributed by atoms with Gasteiger partial charge in [0, 0.05) is 18.8 Å². The molecule has 0 fully saturated rings. The fourth-order valence-corrected chi connectivity index (χ4v) is 2.21. The first-order chi connectivity index (χ1) is 9.43. The summed E-state index contributed by atoms with van der Waals surface area (Å²) in [6, 6.07) is 3.72. The molecule has 5 nitrogen and oxygen atoms in total. The Morgan fingerprint density at radius 2 is 2.20 bits per heavy atom. The number of aromatic nitrogens is 2. The van der Waals surface area contributed by atoms with Crippen LogP contribution in [0.5, 0.6) is 0 Å². The first kappa shape index (κ1) is 14.8. The third kappa shape index (κ3) is 3.10. The minimum Gasteiger partial charge on any atom is -0.406 e. The second-order valence-electron chi connectivity index (χ2n) is 6.18. The number of pyridine rings is 1. The van der Waals surface area contributed by atoms with Crippen molar-refractivity contribution >= 4 is 11.2 Å². The molecule has 2 rings (SSSR count). The zero-order valence-electron chi connectivity index (χ0n) is 12.6. The van der Waals surface area contributed by atoms with Crippen LogP contribution < -0.4 is 11.1 Å². The molecule has 0 amide bonds. The zero-order chi connectivity index (χ0) is 14.8. The number of hydrogen-bond donors (Lipinski definition) is 1. The molecule has 0 aliphatic carbocycles. The smallest absolute Gasteiger partial charge is 0.406 e. The molecule has 2 aromatic heterocycles. The van der Waals surface area contributed by atoms with Crippen molar-refractivity contribution in [3.05, 3.63) is 28.9 Å². The van der Waals surface area contributed by atoms with Gasteiger partial charge in [-0.15, -0.1) is 0 Å². The van der Waals surface area contributed by atoms with Crippen LogP contribution in [0.15, 0.2) is 27.5 Å². The summed E-state index contributed by atoms with van der Waals surface area (Å²) in [4.78, 5) is 16.3. The van der Waals surface area contributed by atoms with Crippen LogP contribution in [0.3, 0.4) is 0 Å². The molecule has 0 saturated heterocycles. The molecule has 110 valence electrons. The Balaban J connectivity index is 2.33. The van der Waals surface area contributed by atoms with E-state index in [1.165, 1.54) is 0 Å². The summed E-state index contributed by atoms with van der Waals surface area (Å²) in [5, 5.41) is 3.51. The van der Waals surface area contributed by atoms with E-state index in [-0.39, 0.29) is 17.2 Å². The van der Waals surface area contributed by atoms with E-state index >= 15 is 0 Å². The molecule has 0 radical (unpaired) electrons. The topological polar surface area (TPSA) is 60.1 Å². The van der Waals surface area contributed by atoms with E-state index in [1.54, 1.807) is 22.9 Å². The van der Waals surface area contributed by atoms with E-state index in [2.05, 4.69) is 38.0 Å². The maximum atomic E-state index is 12.0. The minimum atomic E-state index is -0.341. The molecule has 1 atom stereocenters. The Hall–Kier alpha value is -1.62. The summed E-state index contributed by atoms with van der Waals surface area (Å²) in [6.45, 7) is 10.1. The summed E-state index contributed by atoms with van der Waals surface area (Å²) >= 11 is 0. The van der Waals surface area contributed by atoms with E-state index < -0.39 is 0 Å². The molecule has 0 aromatic carbocycles. The van der Waals surface area contributed by atoms with Crippen molar-refractivity contribution in [1.29, 1.82) is 0 Å².